The van der Waals surface area contributed by atoms with Gasteiger partial charge in [0.05, 0.1) is 11.3 Å². The largest absolute Gasteiger partial charge is 0.318 e. The maximum atomic E-state index is 11.7. The van der Waals surface area contributed by atoms with Gasteiger partial charge in [0.15, 0.2) is 0 Å². The second kappa shape index (κ2) is 4.53. The Kier molecular flexibility index (Phi) is 2.65. The third kappa shape index (κ3) is 1.96. The normalized spacial score (nSPS) is 16.8. The van der Waals surface area contributed by atoms with Gasteiger partial charge in [0, 0.05) is 19.6 Å². The van der Waals surface area contributed by atoms with Crippen LogP contribution in [0.3, 0.4) is 0 Å². The van der Waals surface area contributed by atoms with E-state index in [1.54, 1.807) is 6.07 Å². The average molecular weight is 278 g/mol. The molecule has 0 fully saturated rings. The van der Waals surface area contributed by atoms with E-state index >= 15 is 0 Å². The van der Waals surface area contributed by atoms with Crippen LogP contribution in [-0.4, -0.2) is 16.6 Å². The van der Waals surface area contributed by atoms with Gasteiger partial charge >= 0.3 is 0 Å². The number of hydrogen-bond donors (Lipinski definition) is 1. The molecule has 4 heteroatoms. The van der Waals surface area contributed by atoms with E-state index in [2.05, 4.69) is 22.3 Å². The molecule has 104 valence electrons. The Hall–Kier alpha value is -2.46. The third-order valence-corrected chi connectivity index (χ3v) is 4.12. The Bertz CT molecular complexity index is 753. The summed E-state index contributed by atoms with van der Waals surface area (Å²) in [5.74, 6) is -0.936. The van der Waals surface area contributed by atoms with E-state index in [-0.39, 0.29) is 0 Å². The Balaban J connectivity index is 1.62. The summed E-state index contributed by atoms with van der Waals surface area (Å²) in [6.07, 6.45) is 0. The molecule has 0 bridgehead atoms. The fourth-order valence-corrected chi connectivity index (χ4v) is 3.12. The van der Waals surface area contributed by atoms with E-state index in [0.717, 1.165) is 30.9 Å². The quantitative estimate of drug-likeness (QED) is 0.858. The molecule has 4 rings (SSSR count). The first-order chi connectivity index (χ1) is 10.2. The van der Waals surface area contributed by atoms with Gasteiger partial charge in [-0.1, -0.05) is 36.4 Å². The Morgan fingerprint density at radius 2 is 1.81 bits per heavy atom. The molecule has 2 aliphatic heterocycles. The van der Waals surface area contributed by atoms with Crippen LogP contribution in [0.25, 0.3) is 0 Å². The maximum Gasteiger partial charge on any atom is 0.296 e. The van der Waals surface area contributed by atoms with Crippen molar-refractivity contribution in [3.63, 3.8) is 0 Å². The third-order valence-electron chi connectivity index (χ3n) is 4.12. The van der Waals surface area contributed by atoms with Gasteiger partial charge in [-0.25, -0.2) is 0 Å². The predicted molar refractivity (Wildman–Crippen MR) is 78.8 cm³/mol. The summed E-state index contributed by atoms with van der Waals surface area (Å²) in [5, 5.41) is 2.72. The number of carbonyl (C=O) groups excluding carboxylic acids is 2. The van der Waals surface area contributed by atoms with Crippen molar-refractivity contribution in [2.24, 2.45) is 0 Å². The molecule has 1 amide bonds. The highest BCUT2D eigenvalue weighted by atomic mass is 16.2. The monoisotopic (exact) mass is 278 g/mol. The van der Waals surface area contributed by atoms with E-state index in [1.807, 2.05) is 24.3 Å². The minimum Gasteiger partial charge on any atom is -0.318 e. The highest BCUT2D eigenvalue weighted by Crippen LogP contribution is 2.35. The number of rotatable bonds is 2. The molecule has 2 heterocycles. The second-order valence-corrected chi connectivity index (χ2v) is 5.54. The summed E-state index contributed by atoms with van der Waals surface area (Å²) in [7, 11) is 0. The van der Waals surface area contributed by atoms with Crippen LogP contribution in [0.1, 0.15) is 27.0 Å². The molecular formula is C17H14N2O2. The van der Waals surface area contributed by atoms with Gasteiger partial charge in [0.2, 0.25) is 0 Å². The first kappa shape index (κ1) is 12.3. The molecule has 0 spiro atoms. The van der Waals surface area contributed by atoms with Gasteiger partial charge in [-0.3, -0.25) is 14.5 Å². The molecule has 0 aromatic heterocycles. The van der Waals surface area contributed by atoms with Crippen LogP contribution in [0.4, 0.5) is 5.69 Å². The number of carbonyl (C=O) groups is 2. The fraction of sp³-hybridized carbons (Fsp3) is 0.176. The minimum absolute atomic E-state index is 0.422. The Labute approximate surface area is 122 Å². The molecule has 2 aromatic carbocycles. The topological polar surface area (TPSA) is 49.4 Å². The molecule has 2 aliphatic rings. The van der Waals surface area contributed by atoms with Crippen molar-refractivity contribution in [1.82, 2.24) is 4.90 Å². The molecule has 0 aliphatic carbocycles. The van der Waals surface area contributed by atoms with Crippen LogP contribution in [-0.2, 0) is 24.4 Å². The maximum absolute atomic E-state index is 11.7. The van der Waals surface area contributed by atoms with Crippen molar-refractivity contribution in [3.8, 4) is 0 Å². The molecule has 0 saturated carbocycles. The SMILES string of the molecule is O=C1Nc2c(ccc3c2CN(Cc2ccccc2)C3)C1=O. The van der Waals surface area contributed by atoms with E-state index in [1.165, 1.54) is 11.1 Å². The first-order valence-corrected chi connectivity index (χ1v) is 6.99. The summed E-state index contributed by atoms with van der Waals surface area (Å²) in [5.41, 5.74) is 4.78. The van der Waals surface area contributed by atoms with E-state index in [9.17, 15) is 9.59 Å². The van der Waals surface area contributed by atoms with Gasteiger partial charge in [-0.2, -0.15) is 0 Å². The molecule has 4 nitrogen and oxygen atoms in total. The highest BCUT2D eigenvalue weighted by molar-refractivity contribution is 6.51. The first-order valence-electron chi connectivity index (χ1n) is 6.99. The van der Waals surface area contributed by atoms with Gasteiger partial charge in [0.25, 0.3) is 11.7 Å². The van der Waals surface area contributed by atoms with Crippen molar-refractivity contribution in [1.29, 1.82) is 0 Å². The smallest absolute Gasteiger partial charge is 0.296 e. The van der Waals surface area contributed by atoms with Crippen molar-refractivity contribution < 1.29 is 9.59 Å². The van der Waals surface area contributed by atoms with Crippen LogP contribution in [0.15, 0.2) is 42.5 Å². The standard InChI is InChI=1S/C17H14N2O2/c20-16-13-7-6-12-9-19(8-11-4-2-1-3-5-11)10-14(12)15(13)18-17(16)21/h1-7H,8-10H2,(H,18,20,21). The lowest BCUT2D eigenvalue weighted by Crippen LogP contribution is -2.16. The summed E-state index contributed by atoms with van der Waals surface area (Å²) in [4.78, 5) is 25.6. The molecule has 2 aromatic rings. The Morgan fingerprint density at radius 3 is 2.62 bits per heavy atom. The summed E-state index contributed by atoms with van der Waals surface area (Å²) < 4.78 is 0. The van der Waals surface area contributed by atoms with Gasteiger partial charge < -0.3 is 5.32 Å². The zero-order chi connectivity index (χ0) is 14.4. The van der Waals surface area contributed by atoms with Gasteiger partial charge in [-0.05, 0) is 22.8 Å². The van der Waals surface area contributed by atoms with Crippen LogP contribution >= 0.6 is 0 Å². The van der Waals surface area contributed by atoms with Crippen LogP contribution in [0, 0.1) is 0 Å². The number of nitrogens with zero attached hydrogens (tertiary/aromatic N) is 1. The molecule has 0 radical (unpaired) electrons. The highest BCUT2D eigenvalue weighted by Gasteiger charge is 2.33. The number of amides is 1. The van der Waals surface area contributed by atoms with Gasteiger partial charge in [-0.15, -0.1) is 0 Å². The van der Waals surface area contributed by atoms with Gasteiger partial charge in [0.1, 0.15) is 0 Å². The van der Waals surface area contributed by atoms with E-state index in [0.29, 0.717) is 5.56 Å². The van der Waals surface area contributed by atoms with E-state index < -0.39 is 11.7 Å². The number of nitrogens with one attached hydrogen (secondary N) is 1. The number of benzene rings is 2. The molecule has 0 saturated heterocycles. The number of hydrogen-bond acceptors (Lipinski definition) is 3. The number of ketones is 1. The second-order valence-electron chi connectivity index (χ2n) is 5.54. The lowest BCUT2D eigenvalue weighted by Gasteiger charge is -2.14. The summed E-state index contributed by atoms with van der Waals surface area (Å²) >= 11 is 0. The lowest BCUT2D eigenvalue weighted by molar-refractivity contribution is -0.112. The summed E-state index contributed by atoms with van der Waals surface area (Å²) in [6.45, 7) is 2.48. The van der Waals surface area contributed by atoms with Crippen molar-refractivity contribution in [2.75, 3.05) is 5.32 Å². The average Bonchev–Trinajstić information content (AvgIpc) is 3.02. The minimum atomic E-state index is -0.514. The number of Topliss-reactive ketones (excluding diaryl/α,β-unsaturated/α-hetero) is 1. The Morgan fingerprint density at radius 1 is 1.00 bits per heavy atom. The molecule has 0 atom stereocenters. The molecule has 21 heavy (non-hydrogen) atoms. The molecular weight excluding hydrogens is 264 g/mol. The zero-order valence-corrected chi connectivity index (χ0v) is 11.4. The fourth-order valence-electron chi connectivity index (χ4n) is 3.12. The van der Waals surface area contributed by atoms with Crippen LogP contribution in [0.2, 0.25) is 0 Å². The van der Waals surface area contributed by atoms with Crippen molar-refractivity contribution in [2.45, 2.75) is 19.6 Å². The van der Waals surface area contributed by atoms with E-state index in [4.69, 9.17) is 0 Å². The molecule has 0 unspecified atom stereocenters. The van der Waals surface area contributed by atoms with Crippen molar-refractivity contribution in [3.05, 3.63) is 64.7 Å². The summed E-state index contributed by atoms with van der Waals surface area (Å²) in [6, 6.07) is 14.0. The number of anilines is 1. The van der Waals surface area contributed by atoms with Crippen LogP contribution in [0.5, 0.6) is 0 Å². The van der Waals surface area contributed by atoms with Crippen molar-refractivity contribution >= 4 is 17.4 Å². The van der Waals surface area contributed by atoms with Crippen LogP contribution < -0.4 is 5.32 Å². The predicted octanol–water partition coefficient (Wildman–Crippen LogP) is 2.34. The number of fused-ring (bicyclic) bond motifs is 3. The molecule has 1 N–H and O–H groups in total. The zero-order valence-electron chi connectivity index (χ0n) is 11.4. The lowest BCUT2D eigenvalue weighted by atomic mass is 10.0.